The van der Waals surface area contributed by atoms with Crippen LogP contribution in [-0.2, 0) is 13.1 Å². The maximum absolute atomic E-state index is 7.56. The standard InChI is InChI=1S/C10H12N8/c11-9(12)7-1-2-13-16-10(7)17-3-4-18-6-14-15-8(18)5-17/h1-2,6H,3-5H2,(H3,11,12). The molecule has 1 aliphatic rings. The largest absolute Gasteiger partial charge is 0.384 e. The van der Waals surface area contributed by atoms with E-state index in [0.717, 1.165) is 18.9 Å². The number of nitrogen functional groups attached to an aromatic ring is 1. The van der Waals surface area contributed by atoms with Crippen molar-refractivity contribution in [2.45, 2.75) is 13.1 Å². The molecule has 0 fully saturated rings. The topological polar surface area (TPSA) is 110 Å². The zero-order chi connectivity index (χ0) is 12.5. The van der Waals surface area contributed by atoms with E-state index in [9.17, 15) is 0 Å². The van der Waals surface area contributed by atoms with Gasteiger partial charge in [0, 0.05) is 13.1 Å². The molecule has 8 nitrogen and oxygen atoms in total. The fourth-order valence-electron chi connectivity index (χ4n) is 2.02. The molecule has 0 amide bonds. The van der Waals surface area contributed by atoms with Crippen molar-refractivity contribution in [3.05, 3.63) is 30.0 Å². The normalized spacial score (nSPS) is 14.3. The summed E-state index contributed by atoms with van der Waals surface area (Å²) in [4.78, 5) is 2.01. The SMILES string of the molecule is N=C(N)c1ccnnc1N1CCn2cnnc2C1. The van der Waals surface area contributed by atoms with E-state index >= 15 is 0 Å². The third kappa shape index (κ3) is 1.67. The van der Waals surface area contributed by atoms with Crippen LogP contribution in [0, 0.1) is 5.41 Å². The third-order valence-electron chi connectivity index (χ3n) is 2.93. The number of rotatable bonds is 2. The van der Waals surface area contributed by atoms with Crippen LogP contribution in [0.25, 0.3) is 0 Å². The van der Waals surface area contributed by atoms with Gasteiger partial charge in [0.05, 0.1) is 18.3 Å². The maximum atomic E-state index is 7.56. The molecule has 8 heteroatoms. The summed E-state index contributed by atoms with van der Waals surface area (Å²) in [6.07, 6.45) is 3.25. The molecule has 0 atom stereocenters. The van der Waals surface area contributed by atoms with E-state index < -0.39 is 0 Å². The number of nitrogens with zero attached hydrogens (tertiary/aromatic N) is 6. The summed E-state index contributed by atoms with van der Waals surface area (Å²) in [5.41, 5.74) is 6.15. The summed E-state index contributed by atoms with van der Waals surface area (Å²) in [5.74, 6) is 1.49. The van der Waals surface area contributed by atoms with Gasteiger partial charge in [0.2, 0.25) is 0 Å². The minimum Gasteiger partial charge on any atom is -0.384 e. The first-order chi connectivity index (χ1) is 8.75. The van der Waals surface area contributed by atoms with Gasteiger partial charge in [0.25, 0.3) is 0 Å². The lowest BCUT2D eigenvalue weighted by Crippen LogP contribution is -2.35. The first-order valence-corrected chi connectivity index (χ1v) is 5.53. The Labute approximate surface area is 103 Å². The Morgan fingerprint density at radius 2 is 2.17 bits per heavy atom. The van der Waals surface area contributed by atoms with Gasteiger partial charge in [-0.15, -0.1) is 15.3 Å². The van der Waals surface area contributed by atoms with Crippen molar-refractivity contribution >= 4 is 11.7 Å². The predicted molar refractivity (Wildman–Crippen MR) is 64.1 cm³/mol. The molecule has 0 spiro atoms. The molecule has 0 aliphatic carbocycles. The second kappa shape index (κ2) is 4.06. The summed E-state index contributed by atoms with van der Waals surface area (Å²) < 4.78 is 2.00. The Morgan fingerprint density at radius 3 is 3.00 bits per heavy atom. The predicted octanol–water partition coefficient (Wildman–Crippen LogP) is -0.628. The fourth-order valence-corrected chi connectivity index (χ4v) is 2.02. The molecule has 3 rings (SSSR count). The minimum atomic E-state index is -0.00746. The van der Waals surface area contributed by atoms with Crippen LogP contribution in [-0.4, -0.2) is 37.3 Å². The molecule has 0 bridgehead atoms. The number of fused-ring (bicyclic) bond motifs is 1. The quantitative estimate of drug-likeness (QED) is 0.537. The molecule has 0 saturated carbocycles. The average molecular weight is 244 g/mol. The second-order valence-corrected chi connectivity index (χ2v) is 4.04. The molecule has 2 aromatic heterocycles. The van der Waals surface area contributed by atoms with E-state index in [4.69, 9.17) is 11.1 Å². The van der Waals surface area contributed by atoms with Crippen LogP contribution in [0.2, 0.25) is 0 Å². The summed E-state index contributed by atoms with van der Waals surface area (Å²) in [6, 6.07) is 1.70. The van der Waals surface area contributed by atoms with Crippen LogP contribution in [0.3, 0.4) is 0 Å². The Hall–Kier alpha value is -2.51. The van der Waals surface area contributed by atoms with Gasteiger partial charge >= 0.3 is 0 Å². The molecular weight excluding hydrogens is 232 g/mol. The summed E-state index contributed by atoms with van der Waals surface area (Å²) in [5, 5.41) is 23.4. The molecule has 3 N–H and O–H groups in total. The number of nitrogens with two attached hydrogens (primary N) is 1. The van der Waals surface area contributed by atoms with Crippen molar-refractivity contribution in [2.24, 2.45) is 5.73 Å². The highest BCUT2D eigenvalue weighted by molar-refractivity contribution is 5.99. The van der Waals surface area contributed by atoms with Gasteiger partial charge in [-0.2, -0.15) is 5.10 Å². The highest BCUT2D eigenvalue weighted by atomic mass is 15.3. The summed E-state index contributed by atoms with van der Waals surface area (Å²) in [6.45, 7) is 2.15. The smallest absolute Gasteiger partial charge is 0.162 e. The van der Waals surface area contributed by atoms with Gasteiger partial charge in [-0.25, -0.2) is 0 Å². The number of hydrogen-bond acceptors (Lipinski definition) is 6. The third-order valence-corrected chi connectivity index (χ3v) is 2.93. The number of nitrogens with one attached hydrogen (secondary N) is 1. The van der Waals surface area contributed by atoms with Crippen molar-refractivity contribution in [1.82, 2.24) is 25.0 Å². The van der Waals surface area contributed by atoms with E-state index in [-0.39, 0.29) is 5.84 Å². The van der Waals surface area contributed by atoms with E-state index in [1.54, 1.807) is 12.4 Å². The molecule has 18 heavy (non-hydrogen) atoms. The first-order valence-electron chi connectivity index (χ1n) is 5.53. The van der Waals surface area contributed by atoms with E-state index in [1.165, 1.54) is 6.20 Å². The highest BCUT2D eigenvalue weighted by Crippen LogP contribution is 2.20. The zero-order valence-electron chi connectivity index (χ0n) is 9.61. The van der Waals surface area contributed by atoms with Gasteiger partial charge in [-0.3, -0.25) is 5.41 Å². The number of anilines is 1. The van der Waals surface area contributed by atoms with Crippen LogP contribution in [0.4, 0.5) is 5.82 Å². The summed E-state index contributed by atoms with van der Waals surface area (Å²) >= 11 is 0. The lowest BCUT2D eigenvalue weighted by Gasteiger charge is -2.28. The van der Waals surface area contributed by atoms with Crippen molar-refractivity contribution in [3.8, 4) is 0 Å². The molecular formula is C10H12N8. The molecule has 3 heterocycles. The first kappa shape index (κ1) is 10.6. The van der Waals surface area contributed by atoms with E-state index in [2.05, 4.69) is 20.4 Å². The Morgan fingerprint density at radius 1 is 1.28 bits per heavy atom. The Kier molecular flexibility index (Phi) is 2.40. The minimum absolute atomic E-state index is 0.00746. The average Bonchev–Trinajstić information content (AvgIpc) is 2.85. The fraction of sp³-hybridized carbons (Fsp3) is 0.300. The lowest BCUT2D eigenvalue weighted by atomic mass is 10.2. The van der Waals surface area contributed by atoms with Crippen molar-refractivity contribution in [2.75, 3.05) is 11.4 Å². The summed E-state index contributed by atoms with van der Waals surface area (Å²) in [7, 11) is 0. The maximum Gasteiger partial charge on any atom is 0.162 e. The molecule has 1 aliphatic heterocycles. The molecule has 0 unspecified atom stereocenters. The monoisotopic (exact) mass is 244 g/mol. The van der Waals surface area contributed by atoms with Gasteiger partial charge in [-0.05, 0) is 6.07 Å². The molecule has 2 aromatic rings. The highest BCUT2D eigenvalue weighted by Gasteiger charge is 2.21. The van der Waals surface area contributed by atoms with Gasteiger partial charge in [0.1, 0.15) is 12.2 Å². The van der Waals surface area contributed by atoms with Crippen molar-refractivity contribution in [1.29, 1.82) is 5.41 Å². The van der Waals surface area contributed by atoms with Gasteiger partial charge < -0.3 is 15.2 Å². The van der Waals surface area contributed by atoms with Crippen molar-refractivity contribution < 1.29 is 0 Å². The number of aromatic nitrogens is 5. The van der Waals surface area contributed by atoms with Crippen molar-refractivity contribution in [3.63, 3.8) is 0 Å². The van der Waals surface area contributed by atoms with Crippen LogP contribution in [0.15, 0.2) is 18.6 Å². The van der Waals surface area contributed by atoms with Gasteiger partial charge in [0.15, 0.2) is 11.6 Å². The second-order valence-electron chi connectivity index (χ2n) is 4.04. The Balaban J connectivity index is 1.95. The number of hydrogen-bond donors (Lipinski definition) is 2. The number of amidine groups is 1. The van der Waals surface area contributed by atoms with Crippen LogP contribution < -0.4 is 10.6 Å². The molecule has 0 radical (unpaired) electrons. The zero-order valence-corrected chi connectivity index (χ0v) is 9.61. The van der Waals surface area contributed by atoms with Crippen LogP contribution in [0.5, 0.6) is 0 Å². The molecule has 0 saturated heterocycles. The Bertz CT molecular complexity index is 589. The van der Waals surface area contributed by atoms with Crippen LogP contribution >= 0.6 is 0 Å². The molecule has 92 valence electrons. The van der Waals surface area contributed by atoms with E-state index in [0.29, 0.717) is 17.9 Å². The lowest BCUT2D eigenvalue weighted by molar-refractivity contribution is 0.554. The molecule has 0 aromatic carbocycles. The van der Waals surface area contributed by atoms with Gasteiger partial charge in [-0.1, -0.05) is 0 Å². The van der Waals surface area contributed by atoms with E-state index in [1.807, 2.05) is 9.47 Å². The van der Waals surface area contributed by atoms with Crippen LogP contribution in [0.1, 0.15) is 11.4 Å².